The Morgan fingerprint density at radius 3 is 2.59 bits per heavy atom. The molecule has 0 saturated carbocycles. The number of carbonyl (C=O) groups is 2. The number of aromatic nitrogens is 3. The Kier molecular flexibility index (Phi) is 5.88. The topological polar surface area (TPSA) is 85.6 Å². The number of fused-ring (bicyclic) bond motifs is 1. The number of carbonyl (C=O) groups excluding carboxylic acids is 2. The minimum absolute atomic E-state index is 0.118. The summed E-state index contributed by atoms with van der Waals surface area (Å²) in [5.74, 6) is -1.00. The van der Waals surface area contributed by atoms with Gasteiger partial charge in [-0.15, -0.1) is 11.8 Å². The molecule has 3 heterocycles. The second-order valence-corrected chi connectivity index (χ2v) is 6.91. The average Bonchev–Trinajstić information content (AvgIpc) is 3.09. The molecular formula is C17H14Cl2N4O3S. The molecule has 0 atom stereocenters. The van der Waals surface area contributed by atoms with Crippen LogP contribution in [0.5, 0.6) is 0 Å². The van der Waals surface area contributed by atoms with Gasteiger partial charge in [-0.3, -0.25) is 9.78 Å². The lowest BCUT2D eigenvalue weighted by Gasteiger charge is -2.10. The van der Waals surface area contributed by atoms with Gasteiger partial charge in [-0.25, -0.2) is 9.31 Å². The van der Waals surface area contributed by atoms with E-state index in [9.17, 15) is 9.59 Å². The lowest BCUT2D eigenvalue weighted by molar-refractivity contribution is 0.0519. The molecule has 0 saturated heterocycles. The Morgan fingerprint density at radius 2 is 1.96 bits per heavy atom. The van der Waals surface area contributed by atoms with Crippen LogP contribution in [0, 0.1) is 0 Å². The van der Waals surface area contributed by atoms with Crippen molar-refractivity contribution >= 4 is 58.0 Å². The molecule has 7 nitrogen and oxygen atoms in total. The van der Waals surface area contributed by atoms with Crippen LogP contribution in [0.3, 0.4) is 0 Å². The van der Waals surface area contributed by atoms with Gasteiger partial charge in [0, 0.05) is 12.4 Å². The maximum absolute atomic E-state index is 12.8. The van der Waals surface area contributed by atoms with Gasteiger partial charge >= 0.3 is 5.97 Å². The fourth-order valence-corrected chi connectivity index (χ4v) is 3.39. The summed E-state index contributed by atoms with van der Waals surface area (Å²) in [5.41, 5.74) is 1.14. The highest BCUT2D eigenvalue weighted by atomic mass is 35.5. The van der Waals surface area contributed by atoms with E-state index in [0.29, 0.717) is 11.1 Å². The first-order valence-electron chi connectivity index (χ1n) is 7.80. The zero-order chi connectivity index (χ0) is 19.6. The van der Waals surface area contributed by atoms with Gasteiger partial charge < -0.3 is 10.1 Å². The van der Waals surface area contributed by atoms with E-state index in [0.717, 1.165) is 5.03 Å². The van der Waals surface area contributed by atoms with Gasteiger partial charge in [0.25, 0.3) is 5.91 Å². The molecule has 1 N–H and O–H groups in total. The highest BCUT2D eigenvalue weighted by molar-refractivity contribution is 7.98. The lowest BCUT2D eigenvalue weighted by atomic mass is 10.2. The Hall–Kier alpha value is -2.29. The van der Waals surface area contributed by atoms with Crippen LogP contribution in [0.4, 0.5) is 5.69 Å². The van der Waals surface area contributed by atoms with Gasteiger partial charge in [-0.1, -0.05) is 23.2 Å². The molecule has 0 spiro atoms. The summed E-state index contributed by atoms with van der Waals surface area (Å²) in [6, 6.07) is 4.91. The number of halogens is 2. The predicted octanol–water partition coefficient (Wildman–Crippen LogP) is 4.19. The maximum Gasteiger partial charge on any atom is 0.358 e. The summed E-state index contributed by atoms with van der Waals surface area (Å²) < 4.78 is 6.52. The van der Waals surface area contributed by atoms with E-state index in [2.05, 4.69) is 15.4 Å². The summed E-state index contributed by atoms with van der Waals surface area (Å²) in [5, 5.41) is 8.14. The molecule has 10 heteroatoms. The van der Waals surface area contributed by atoms with Crippen molar-refractivity contribution in [3.05, 3.63) is 51.9 Å². The molecule has 0 fully saturated rings. The third-order valence-corrected chi connectivity index (χ3v) is 4.92. The second kappa shape index (κ2) is 8.16. The Balaban J connectivity index is 2.05. The number of rotatable bonds is 5. The zero-order valence-corrected chi connectivity index (χ0v) is 16.7. The van der Waals surface area contributed by atoms with E-state index in [4.69, 9.17) is 27.9 Å². The quantitative estimate of drug-likeness (QED) is 0.488. The van der Waals surface area contributed by atoms with E-state index in [1.165, 1.54) is 34.7 Å². The monoisotopic (exact) mass is 424 g/mol. The molecule has 3 aromatic rings. The van der Waals surface area contributed by atoms with E-state index < -0.39 is 11.9 Å². The van der Waals surface area contributed by atoms with Crippen LogP contribution in [0.15, 0.2) is 35.6 Å². The van der Waals surface area contributed by atoms with E-state index in [1.54, 1.807) is 19.1 Å². The van der Waals surface area contributed by atoms with Gasteiger partial charge in [-0.2, -0.15) is 5.10 Å². The summed E-state index contributed by atoms with van der Waals surface area (Å²) in [6.45, 7) is 1.94. The van der Waals surface area contributed by atoms with Gasteiger partial charge in [0.1, 0.15) is 0 Å². The number of amides is 1. The maximum atomic E-state index is 12.8. The Labute approximate surface area is 169 Å². The first-order chi connectivity index (χ1) is 13.0. The van der Waals surface area contributed by atoms with Gasteiger partial charge in [0.2, 0.25) is 0 Å². The van der Waals surface area contributed by atoms with E-state index in [1.807, 2.05) is 6.26 Å². The smallest absolute Gasteiger partial charge is 0.358 e. The molecular weight excluding hydrogens is 411 g/mol. The number of hydrogen-bond acceptors (Lipinski definition) is 6. The molecule has 1 amide bonds. The number of anilines is 1. The van der Waals surface area contributed by atoms with Gasteiger partial charge in [-0.05, 0) is 31.4 Å². The van der Waals surface area contributed by atoms with Crippen molar-refractivity contribution < 1.29 is 14.3 Å². The van der Waals surface area contributed by atoms with Crippen molar-refractivity contribution in [2.24, 2.45) is 0 Å². The standard InChI is InChI=1S/C17H14Cl2N4O3S/c1-3-26-17(25)12-6-13-9(4-5-14(27-2)23(13)22-12)16(24)21-15-10(18)7-20-8-11(15)19/h4-8H,3H2,1-2H3,(H,20,21,24). The first kappa shape index (κ1) is 19.5. The largest absolute Gasteiger partial charge is 0.461 e. The average molecular weight is 425 g/mol. The van der Waals surface area contributed by atoms with E-state index in [-0.39, 0.29) is 28.0 Å². The van der Waals surface area contributed by atoms with Crippen molar-refractivity contribution in [1.82, 2.24) is 14.6 Å². The zero-order valence-electron chi connectivity index (χ0n) is 14.3. The SMILES string of the molecule is CCOC(=O)c1cc2c(C(=O)Nc3c(Cl)cncc3Cl)ccc(SC)n2n1. The summed E-state index contributed by atoms with van der Waals surface area (Å²) in [6.07, 6.45) is 4.64. The lowest BCUT2D eigenvalue weighted by Crippen LogP contribution is -2.14. The molecule has 140 valence electrons. The minimum atomic E-state index is -0.556. The number of ether oxygens (including phenoxy) is 1. The van der Waals surface area contributed by atoms with Crippen LogP contribution in [-0.4, -0.2) is 39.3 Å². The Bertz CT molecular complexity index is 1020. The van der Waals surface area contributed by atoms with Crippen LogP contribution < -0.4 is 5.32 Å². The number of hydrogen-bond donors (Lipinski definition) is 1. The fraction of sp³-hybridized carbons (Fsp3) is 0.176. The summed E-state index contributed by atoms with van der Waals surface area (Å²) in [7, 11) is 0. The van der Waals surface area contributed by atoms with Crippen LogP contribution in [0.1, 0.15) is 27.8 Å². The normalized spacial score (nSPS) is 10.8. The van der Waals surface area contributed by atoms with Crippen molar-refractivity contribution in [2.75, 3.05) is 18.2 Å². The summed E-state index contributed by atoms with van der Waals surface area (Å²) in [4.78, 5) is 28.7. The number of pyridine rings is 2. The van der Waals surface area contributed by atoms with Crippen LogP contribution >= 0.6 is 35.0 Å². The highest BCUT2D eigenvalue weighted by Crippen LogP contribution is 2.30. The first-order valence-corrected chi connectivity index (χ1v) is 9.78. The molecule has 0 unspecified atom stereocenters. The third-order valence-electron chi connectivity index (χ3n) is 3.62. The molecule has 27 heavy (non-hydrogen) atoms. The fourth-order valence-electron chi connectivity index (χ4n) is 2.41. The van der Waals surface area contributed by atoms with Crippen LogP contribution in [-0.2, 0) is 4.74 Å². The molecule has 0 bridgehead atoms. The molecule has 0 aliphatic carbocycles. The number of thioether (sulfide) groups is 1. The second-order valence-electron chi connectivity index (χ2n) is 5.27. The number of nitrogens with one attached hydrogen (secondary N) is 1. The molecule has 3 aromatic heterocycles. The highest BCUT2D eigenvalue weighted by Gasteiger charge is 2.20. The van der Waals surface area contributed by atoms with Crippen molar-refractivity contribution in [1.29, 1.82) is 0 Å². The molecule has 0 aliphatic rings. The van der Waals surface area contributed by atoms with Crippen LogP contribution in [0.2, 0.25) is 10.0 Å². The number of esters is 1. The van der Waals surface area contributed by atoms with Crippen LogP contribution in [0.25, 0.3) is 5.52 Å². The molecule has 0 aliphatic heterocycles. The Morgan fingerprint density at radius 1 is 1.26 bits per heavy atom. The van der Waals surface area contributed by atoms with Crippen molar-refractivity contribution in [3.63, 3.8) is 0 Å². The van der Waals surface area contributed by atoms with Crippen molar-refractivity contribution in [2.45, 2.75) is 11.9 Å². The van der Waals surface area contributed by atoms with Crippen molar-refractivity contribution in [3.8, 4) is 0 Å². The number of nitrogens with zero attached hydrogens (tertiary/aromatic N) is 3. The van der Waals surface area contributed by atoms with Gasteiger partial charge in [0.15, 0.2) is 5.69 Å². The molecule has 3 rings (SSSR count). The third kappa shape index (κ3) is 3.87. The summed E-state index contributed by atoms with van der Waals surface area (Å²) >= 11 is 13.6. The van der Waals surface area contributed by atoms with E-state index >= 15 is 0 Å². The van der Waals surface area contributed by atoms with Gasteiger partial charge in [0.05, 0.1) is 38.4 Å². The molecule has 0 radical (unpaired) electrons. The molecule has 0 aromatic carbocycles. The minimum Gasteiger partial charge on any atom is -0.461 e. The predicted molar refractivity (Wildman–Crippen MR) is 105 cm³/mol.